The quantitative estimate of drug-likeness (QED) is 0.726. The molecular formula is C14H19N3O2. The Morgan fingerprint density at radius 1 is 1.42 bits per heavy atom. The standard InChI is InChI=1S/C14H19N3O2/c1-9-6-16-8-12(9)14(19)17-7-10-3-2-4-11(5-10)13(15)18/h2-5,9,12,16H,6-8H2,1H3,(H2,15,18)(H,17,19). The first-order chi connectivity index (χ1) is 9.08. The SMILES string of the molecule is CC1CNCC1C(=O)NCc1cccc(C(N)=O)c1. The van der Waals surface area contributed by atoms with E-state index in [-0.39, 0.29) is 11.8 Å². The maximum absolute atomic E-state index is 12.0. The molecule has 1 aliphatic heterocycles. The Morgan fingerprint density at radius 2 is 2.21 bits per heavy atom. The van der Waals surface area contributed by atoms with Crippen LogP contribution in [-0.2, 0) is 11.3 Å². The predicted molar refractivity (Wildman–Crippen MR) is 72.3 cm³/mol. The van der Waals surface area contributed by atoms with Gasteiger partial charge < -0.3 is 16.4 Å². The molecule has 0 spiro atoms. The number of amides is 2. The van der Waals surface area contributed by atoms with Crippen LogP contribution in [0.3, 0.4) is 0 Å². The first-order valence-corrected chi connectivity index (χ1v) is 6.45. The van der Waals surface area contributed by atoms with Gasteiger partial charge in [0.05, 0.1) is 5.92 Å². The molecule has 1 aromatic carbocycles. The van der Waals surface area contributed by atoms with Crippen molar-refractivity contribution in [2.24, 2.45) is 17.6 Å². The van der Waals surface area contributed by atoms with E-state index < -0.39 is 5.91 Å². The largest absolute Gasteiger partial charge is 0.366 e. The van der Waals surface area contributed by atoms with Gasteiger partial charge in [-0.15, -0.1) is 0 Å². The lowest BCUT2D eigenvalue weighted by Crippen LogP contribution is -2.33. The summed E-state index contributed by atoms with van der Waals surface area (Å²) in [4.78, 5) is 23.1. The highest BCUT2D eigenvalue weighted by Gasteiger charge is 2.29. The molecule has 1 aliphatic rings. The van der Waals surface area contributed by atoms with E-state index >= 15 is 0 Å². The zero-order chi connectivity index (χ0) is 13.8. The average Bonchev–Trinajstić information content (AvgIpc) is 2.82. The summed E-state index contributed by atoms with van der Waals surface area (Å²) < 4.78 is 0. The second-order valence-electron chi connectivity index (χ2n) is 5.02. The van der Waals surface area contributed by atoms with E-state index in [9.17, 15) is 9.59 Å². The topological polar surface area (TPSA) is 84.2 Å². The van der Waals surface area contributed by atoms with E-state index in [1.807, 2.05) is 6.07 Å². The summed E-state index contributed by atoms with van der Waals surface area (Å²) in [6.45, 7) is 4.10. The molecule has 0 aliphatic carbocycles. The highest BCUT2D eigenvalue weighted by atomic mass is 16.2. The van der Waals surface area contributed by atoms with Crippen LogP contribution in [0.4, 0.5) is 0 Å². The minimum atomic E-state index is -0.457. The number of hydrogen-bond acceptors (Lipinski definition) is 3. The summed E-state index contributed by atoms with van der Waals surface area (Å²) in [7, 11) is 0. The molecule has 0 aromatic heterocycles. The van der Waals surface area contributed by atoms with Gasteiger partial charge in [0.1, 0.15) is 0 Å². The smallest absolute Gasteiger partial charge is 0.248 e. The van der Waals surface area contributed by atoms with Gasteiger partial charge in [-0.2, -0.15) is 0 Å². The molecule has 1 fully saturated rings. The maximum Gasteiger partial charge on any atom is 0.248 e. The number of carbonyl (C=O) groups is 2. The van der Waals surface area contributed by atoms with E-state index in [0.29, 0.717) is 18.0 Å². The molecule has 1 saturated heterocycles. The molecule has 2 unspecified atom stereocenters. The number of hydrogen-bond donors (Lipinski definition) is 3. The van der Waals surface area contributed by atoms with Crippen LogP contribution < -0.4 is 16.4 Å². The van der Waals surface area contributed by atoms with Crippen molar-refractivity contribution in [2.45, 2.75) is 13.5 Å². The van der Waals surface area contributed by atoms with Crippen molar-refractivity contribution in [3.63, 3.8) is 0 Å². The Hall–Kier alpha value is -1.88. The molecule has 2 atom stereocenters. The van der Waals surface area contributed by atoms with Gasteiger partial charge >= 0.3 is 0 Å². The predicted octanol–water partition coefficient (Wildman–Crippen LogP) is 0.257. The Morgan fingerprint density at radius 3 is 2.84 bits per heavy atom. The highest BCUT2D eigenvalue weighted by molar-refractivity contribution is 5.92. The zero-order valence-electron chi connectivity index (χ0n) is 11.0. The van der Waals surface area contributed by atoms with Gasteiger partial charge in [0, 0.05) is 18.7 Å². The lowest BCUT2D eigenvalue weighted by molar-refractivity contribution is -0.125. The van der Waals surface area contributed by atoms with Crippen molar-refractivity contribution >= 4 is 11.8 Å². The van der Waals surface area contributed by atoms with Crippen LogP contribution in [0.15, 0.2) is 24.3 Å². The second-order valence-corrected chi connectivity index (χ2v) is 5.02. The lowest BCUT2D eigenvalue weighted by atomic mass is 9.97. The van der Waals surface area contributed by atoms with Crippen LogP contribution in [-0.4, -0.2) is 24.9 Å². The van der Waals surface area contributed by atoms with Gasteiger partial charge in [0.15, 0.2) is 0 Å². The van der Waals surface area contributed by atoms with E-state index in [2.05, 4.69) is 17.6 Å². The van der Waals surface area contributed by atoms with Gasteiger partial charge in [-0.25, -0.2) is 0 Å². The number of nitrogens with one attached hydrogen (secondary N) is 2. The number of nitrogens with two attached hydrogens (primary N) is 1. The minimum absolute atomic E-state index is 0.0272. The average molecular weight is 261 g/mol. The minimum Gasteiger partial charge on any atom is -0.366 e. The monoisotopic (exact) mass is 261 g/mol. The fourth-order valence-electron chi connectivity index (χ4n) is 2.32. The number of carbonyl (C=O) groups excluding carboxylic acids is 2. The lowest BCUT2D eigenvalue weighted by Gasteiger charge is -2.14. The molecule has 5 nitrogen and oxygen atoms in total. The fourth-order valence-corrected chi connectivity index (χ4v) is 2.32. The Bertz CT molecular complexity index is 487. The molecule has 19 heavy (non-hydrogen) atoms. The van der Waals surface area contributed by atoms with Gasteiger partial charge in [0.2, 0.25) is 11.8 Å². The van der Waals surface area contributed by atoms with Crippen LogP contribution in [0.2, 0.25) is 0 Å². The van der Waals surface area contributed by atoms with Crippen LogP contribution in [0.1, 0.15) is 22.8 Å². The normalized spacial score (nSPS) is 22.2. The Labute approximate surface area is 112 Å². The molecule has 4 N–H and O–H groups in total. The molecule has 1 aromatic rings. The first-order valence-electron chi connectivity index (χ1n) is 6.45. The Kier molecular flexibility index (Phi) is 4.16. The van der Waals surface area contributed by atoms with Crippen molar-refractivity contribution in [2.75, 3.05) is 13.1 Å². The van der Waals surface area contributed by atoms with Crippen molar-refractivity contribution in [1.82, 2.24) is 10.6 Å². The maximum atomic E-state index is 12.0. The molecule has 5 heteroatoms. The van der Waals surface area contributed by atoms with Crippen LogP contribution >= 0.6 is 0 Å². The summed E-state index contributed by atoms with van der Waals surface area (Å²) >= 11 is 0. The van der Waals surface area contributed by atoms with Gasteiger partial charge in [-0.05, 0) is 30.2 Å². The van der Waals surface area contributed by atoms with Gasteiger partial charge in [-0.1, -0.05) is 19.1 Å². The summed E-state index contributed by atoms with van der Waals surface area (Å²) in [5.41, 5.74) is 6.56. The molecular weight excluding hydrogens is 242 g/mol. The number of rotatable bonds is 4. The number of benzene rings is 1. The third kappa shape index (κ3) is 3.32. The summed E-state index contributed by atoms with van der Waals surface area (Å²) in [5, 5.41) is 6.11. The third-order valence-corrected chi connectivity index (χ3v) is 3.53. The molecule has 2 rings (SSSR count). The van der Waals surface area contributed by atoms with E-state index in [1.165, 1.54) is 0 Å². The third-order valence-electron chi connectivity index (χ3n) is 3.53. The summed E-state index contributed by atoms with van der Waals surface area (Å²) in [6, 6.07) is 7.00. The number of primary amides is 1. The molecule has 102 valence electrons. The van der Waals surface area contributed by atoms with E-state index in [4.69, 9.17) is 5.73 Å². The van der Waals surface area contributed by atoms with Crippen LogP contribution in [0, 0.1) is 11.8 Å². The summed E-state index contributed by atoms with van der Waals surface area (Å²) in [5.74, 6) is -0.0138. The highest BCUT2D eigenvalue weighted by Crippen LogP contribution is 2.16. The second kappa shape index (κ2) is 5.84. The van der Waals surface area contributed by atoms with Crippen molar-refractivity contribution < 1.29 is 9.59 Å². The van der Waals surface area contributed by atoms with Crippen molar-refractivity contribution in [3.05, 3.63) is 35.4 Å². The molecule has 0 bridgehead atoms. The Balaban J connectivity index is 1.93. The molecule has 0 saturated carbocycles. The first kappa shape index (κ1) is 13.5. The van der Waals surface area contributed by atoms with Crippen LogP contribution in [0.25, 0.3) is 0 Å². The molecule has 2 amide bonds. The molecule has 0 radical (unpaired) electrons. The fraction of sp³-hybridized carbons (Fsp3) is 0.429. The van der Waals surface area contributed by atoms with Gasteiger partial charge in [0.25, 0.3) is 0 Å². The zero-order valence-corrected chi connectivity index (χ0v) is 11.0. The van der Waals surface area contributed by atoms with Gasteiger partial charge in [-0.3, -0.25) is 9.59 Å². The molecule has 1 heterocycles. The van der Waals surface area contributed by atoms with E-state index in [0.717, 1.165) is 18.7 Å². The van der Waals surface area contributed by atoms with Crippen molar-refractivity contribution in [1.29, 1.82) is 0 Å². The van der Waals surface area contributed by atoms with E-state index in [1.54, 1.807) is 18.2 Å². The van der Waals surface area contributed by atoms with Crippen LogP contribution in [0.5, 0.6) is 0 Å². The summed E-state index contributed by atoms with van der Waals surface area (Å²) in [6.07, 6.45) is 0. The van der Waals surface area contributed by atoms with Crippen molar-refractivity contribution in [3.8, 4) is 0 Å².